The summed E-state index contributed by atoms with van der Waals surface area (Å²) in [4.78, 5) is 38.3. The van der Waals surface area contributed by atoms with Crippen LogP contribution >= 0.6 is 0 Å². The number of carbonyl (C=O) groups excluding carboxylic acids is 3. The van der Waals surface area contributed by atoms with Crippen LogP contribution in [0.1, 0.15) is 335 Å². The van der Waals surface area contributed by atoms with Gasteiger partial charge in [-0.15, -0.1) is 0 Å². The minimum absolute atomic E-state index is 0.0763. The molecule has 1 unspecified atom stereocenters. The summed E-state index contributed by atoms with van der Waals surface area (Å²) < 4.78 is 16.9. The molecular formula is C64H118O6. The van der Waals surface area contributed by atoms with E-state index < -0.39 is 6.10 Å². The van der Waals surface area contributed by atoms with E-state index in [1.54, 1.807) is 0 Å². The Morgan fingerprint density at radius 3 is 0.714 bits per heavy atom. The average Bonchev–Trinajstić information content (AvgIpc) is 3.36. The molecule has 6 nitrogen and oxygen atoms in total. The minimum Gasteiger partial charge on any atom is -0.462 e. The van der Waals surface area contributed by atoms with Crippen molar-refractivity contribution in [3.8, 4) is 0 Å². The van der Waals surface area contributed by atoms with Gasteiger partial charge in [0.05, 0.1) is 0 Å². The molecule has 0 aliphatic heterocycles. The first-order chi connectivity index (χ1) is 34.5. The molecule has 0 aromatic heterocycles. The molecule has 0 heterocycles. The number of allylic oxidation sites excluding steroid dienone is 6. The molecule has 0 saturated carbocycles. The summed E-state index contributed by atoms with van der Waals surface area (Å²) in [5.74, 6) is -0.873. The van der Waals surface area contributed by atoms with Gasteiger partial charge in [-0.25, -0.2) is 0 Å². The lowest BCUT2D eigenvalue weighted by Crippen LogP contribution is -2.30. The third-order valence-electron chi connectivity index (χ3n) is 13.8. The smallest absolute Gasteiger partial charge is 0.306 e. The van der Waals surface area contributed by atoms with E-state index in [1.165, 1.54) is 231 Å². The Balaban J connectivity index is 4.37. The van der Waals surface area contributed by atoms with E-state index in [0.29, 0.717) is 19.3 Å². The molecule has 70 heavy (non-hydrogen) atoms. The van der Waals surface area contributed by atoms with Gasteiger partial charge in [0.25, 0.3) is 0 Å². The second-order valence-corrected chi connectivity index (χ2v) is 21.0. The number of hydrogen-bond acceptors (Lipinski definition) is 6. The number of rotatable bonds is 57. The summed E-state index contributed by atoms with van der Waals surface area (Å²) in [7, 11) is 0. The van der Waals surface area contributed by atoms with Crippen molar-refractivity contribution in [1.82, 2.24) is 0 Å². The highest BCUT2D eigenvalue weighted by atomic mass is 16.6. The number of esters is 3. The lowest BCUT2D eigenvalue weighted by atomic mass is 10.1. The SMILES string of the molecule is CCCCCCCC/C=C\CCCCCCCCCC(=O)OCC(COC(=O)CCCCCCC/C=C\CCCCCCCCCCC)OC(=O)CCCCCCCCC/C=C\CCCCCCCC. The molecule has 0 aliphatic rings. The zero-order chi connectivity index (χ0) is 50.7. The highest BCUT2D eigenvalue weighted by Crippen LogP contribution is 2.16. The highest BCUT2D eigenvalue weighted by Gasteiger charge is 2.19. The van der Waals surface area contributed by atoms with E-state index in [-0.39, 0.29) is 31.1 Å². The molecular weight excluding hydrogens is 865 g/mol. The normalized spacial score (nSPS) is 12.2. The largest absolute Gasteiger partial charge is 0.462 e. The van der Waals surface area contributed by atoms with Crippen LogP contribution in [0.25, 0.3) is 0 Å². The van der Waals surface area contributed by atoms with Crippen LogP contribution in [0.4, 0.5) is 0 Å². The number of hydrogen-bond donors (Lipinski definition) is 0. The maximum Gasteiger partial charge on any atom is 0.306 e. The Morgan fingerprint density at radius 2 is 0.471 bits per heavy atom. The lowest BCUT2D eigenvalue weighted by molar-refractivity contribution is -0.167. The van der Waals surface area contributed by atoms with Crippen molar-refractivity contribution in [2.24, 2.45) is 0 Å². The summed E-state index contributed by atoms with van der Waals surface area (Å²) in [5, 5.41) is 0. The van der Waals surface area contributed by atoms with Gasteiger partial charge in [0.15, 0.2) is 6.10 Å². The molecule has 0 rings (SSSR count). The zero-order valence-electron chi connectivity index (χ0n) is 47.1. The predicted molar refractivity (Wildman–Crippen MR) is 302 cm³/mol. The second kappa shape index (κ2) is 59.2. The number of unbranched alkanes of at least 4 members (excludes halogenated alkanes) is 40. The number of ether oxygens (including phenoxy) is 3. The Labute approximate surface area is 435 Å². The van der Waals surface area contributed by atoms with Crippen molar-refractivity contribution in [2.75, 3.05) is 13.2 Å². The molecule has 0 aromatic rings. The quantitative estimate of drug-likeness (QED) is 0.0261. The molecule has 0 fully saturated rings. The predicted octanol–water partition coefficient (Wildman–Crippen LogP) is 20.8. The van der Waals surface area contributed by atoms with Gasteiger partial charge in [-0.1, -0.05) is 256 Å². The third kappa shape index (κ3) is 56.5. The van der Waals surface area contributed by atoms with Crippen molar-refractivity contribution in [3.63, 3.8) is 0 Å². The van der Waals surface area contributed by atoms with Crippen molar-refractivity contribution in [3.05, 3.63) is 36.5 Å². The first-order valence-corrected chi connectivity index (χ1v) is 31.0. The summed E-state index contributed by atoms with van der Waals surface area (Å²) in [6, 6.07) is 0. The van der Waals surface area contributed by atoms with Crippen LogP contribution in [-0.4, -0.2) is 37.2 Å². The van der Waals surface area contributed by atoms with Crippen LogP contribution in [0, 0.1) is 0 Å². The summed E-state index contributed by atoms with van der Waals surface area (Å²) in [6.45, 7) is 6.67. The van der Waals surface area contributed by atoms with Crippen LogP contribution in [0.3, 0.4) is 0 Å². The van der Waals surface area contributed by atoms with Gasteiger partial charge in [-0.05, 0) is 96.3 Å². The van der Waals surface area contributed by atoms with Crippen LogP contribution in [0.5, 0.6) is 0 Å². The zero-order valence-corrected chi connectivity index (χ0v) is 47.1. The molecule has 6 heteroatoms. The van der Waals surface area contributed by atoms with Gasteiger partial charge in [0.2, 0.25) is 0 Å². The second-order valence-electron chi connectivity index (χ2n) is 21.0. The van der Waals surface area contributed by atoms with Crippen molar-refractivity contribution in [2.45, 2.75) is 341 Å². The van der Waals surface area contributed by atoms with Gasteiger partial charge >= 0.3 is 17.9 Å². The summed E-state index contributed by atoms with van der Waals surface area (Å²) in [6.07, 6.45) is 71.4. The van der Waals surface area contributed by atoms with Crippen LogP contribution in [-0.2, 0) is 28.6 Å². The third-order valence-corrected chi connectivity index (χ3v) is 13.8. The Bertz CT molecular complexity index is 1170. The van der Waals surface area contributed by atoms with E-state index in [1.807, 2.05) is 0 Å². The molecule has 0 N–H and O–H groups in total. The van der Waals surface area contributed by atoms with Crippen molar-refractivity contribution >= 4 is 17.9 Å². The molecule has 0 aromatic carbocycles. The van der Waals surface area contributed by atoms with E-state index in [4.69, 9.17) is 14.2 Å². The van der Waals surface area contributed by atoms with Gasteiger partial charge in [-0.2, -0.15) is 0 Å². The van der Waals surface area contributed by atoms with Gasteiger partial charge in [0.1, 0.15) is 13.2 Å². The summed E-state index contributed by atoms with van der Waals surface area (Å²) in [5.41, 5.74) is 0. The Kier molecular flexibility index (Phi) is 57.2. The summed E-state index contributed by atoms with van der Waals surface area (Å²) >= 11 is 0. The fourth-order valence-corrected chi connectivity index (χ4v) is 9.13. The minimum atomic E-state index is -0.779. The topological polar surface area (TPSA) is 78.9 Å². The molecule has 0 bridgehead atoms. The lowest BCUT2D eigenvalue weighted by Gasteiger charge is -2.18. The molecule has 0 saturated heterocycles. The van der Waals surface area contributed by atoms with E-state index in [9.17, 15) is 14.4 Å². The number of carbonyl (C=O) groups is 3. The fourth-order valence-electron chi connectivity index (χ4n) is 9.13. The van der Waals surface area contributed by atoms with Gasteiger partial charge in [-0.3, -0.25) is 14.4 Å². The van der Waals surface area contributed by atoms with Crippen LogP contribution in [0.15, 0.2) is 36.5 Å². The first-order valence-electron chi connectivity index (χ1n) is 31.0. The average molecular weight is 984 g/mol. The molecule has 0 radical (unpaired) electrons. The van der Waals surface area contributed by atoms with E-state index in [2.05, 4.69) is 57.2 Å². The first kappa shape index (κ1) is 67.6. The molecule has 1 atom stereocenters. The van der Waals surface area contributed by atoms with Crippen LogP contribution < -0.4 is 0 Å². The standard InChI is InChI=1S/C64H118O6/c1-4-7-10-13-16-19-22-25-28-31-34-36-39-42-45-48-51-54-57-63(66)69-60-61(70-64(67)58-55-52-49-46-43-40-37-33-30-27-24-21-18-15-12-9-6-3)59-68-62(65)56-53-50-47-44-41-38-35-32-29-26-23-20-17-14-11-8-5-2/h26-27,29-30,34,36,61H,4-25,28,31-33,35,37-60H2,1-3H3/b29-26-,30-27-,36-34-. The van der Waals surface area contributed by atoms with E-state index >= 15 is 0 Å². The fraction of sp³-hybridized carbons (Fsp3) is 0.859. The molecule has 0 amide bonds. The molecule has 0 aliphatic carbocycles. The Morgan fingerprint density at radius 1 is 0.271 bits per heavy atom. The highest BCUT2D eigenvalue weighted by molar-refractivity contribution is 5.71. The van der Waals surface area contributed by atoms with Gasteiger partial charge in [0, 0.05) is 19.3 Å². The van der Waals surface area contributed by atoms with Crippen LogP contribution in [0.2, 0.25) is 0 Å². The maximum absolute atomic E-state index is 12.9. The monoisotopic (exact) mass is 983 g/mol. The van der Waals surface area contributed by atoms with Gasteiger partial charge < -0.3 is 14.2 Å². The maximum atomic E-state index is 12.9. The molecule has 0 spiro atoms. The molecule has 410 valence electrons. The Hall–Kier alpha value is -2.37. The van der Waals surface area contributed by atoms with E-state index in [0.717, 1.165) is 64.2 Å². The van der Waals surface area contributed by atoms with Crippen molar-refractivity contribution < 1.29 is 28.6 Å². The van der Waals surface area contributed by atoms with Crippen molar-refractivity contribution in [1.29, 1.82) is 0 Å².